The third-order valence-electron chi connectivity index (χ3n) is 6.99. The Kier molecular flexibility index (Phi) is 2.95. The van der Waals surface area contributed by atoms with Crippen LogP contribution < -0.4 is 5.32 Å². The van der Waals surface area contributed by atoms with Crippen molar-refractivity contribution in [3.63, 3.8) is 0 Å². The van der Waals surface area contributed by atoms with Crippen molar-refractivity contribution in [1.29, 1.82) is 0 Å². The van der Waals surface area contributed by atoms with Gasteiger partial charge in [0.15, 0.2) is 5.82 Å². The summed E-state index contributed by atoms with van der Waals surface area (Å²) in [6.07, 6.45) is 11.4. The minimum absolute atomic E-state index is 0.550. The molecule has 5 saturated carbocycles. The van der Waals surface area contributed by atoms with Gasteiger partial charge in [0.1, 0.15) is 0 Å². The third-order valence-corrected chi connectivity index (χ3v) is 6.99. The Hall–Kier alpha value is -0.900. The Labute approximate surface area is 132 Å². The molecule has 0 unspecified atom stereocenters. The number of hydrogen-bond donors (Lipinski definition) is 1. The average molecular weight is 301 g/mol. The molecule has 5 aliphatic carbocycles. The summed E-state index contributed by atoms with van der Waals surface area (Å²) in [5, 5.41) is 7.85. The topological polar surface area (TPSA) is 51.0 Å². The lowest BCUT2D eigenvalue weighted by Gasteiger charge is -2.59. The first-order chi connectivity index (χ1) is 10.7. The lowest BCUT2D eigenvalue weighted by Crippen LogP contribution is -2.54. The number of nitrogens with zero attached hydrogens (tertiary/aromatic N) is 2. The van der Waals surface area contributed by atoms with E-state index < -0.39 is 0 Å². The maximum Gasteiger partial charge on any atom is 0.240 e. The van der Waals surface area contributed by atoms with E-state index in [1.165, 1.54) is 51.4 Å². The van der Waals surface area contributed by atoms with Crippen LogP contribution in [0.4, 0.5) is 0 Å². The minimum atomic E-state index is 0.550. The van der Waals surface area contributed by atoms with E-state index in [4.69, 9.17) is 4.52 Å². The van der Waals surface area contributed by atoms with Crippen LogP contribution in [0.2, 0.25) is 0 Å². The number of rotatable bonds is 5. The van der Waals surface area contributed by atoms with Gasteiger partial charge in [0.2, 0.25) is 5.89 Å². The van der Waals surface area contributed by atoms with Gasteiger partial charge in [-0.05, 0) is 81.5 Å². The molecule has 6 rings (SSSR count). The molecule has 0 saturated heterocycles. The highest BCUT2D eigenvalue weighted by molar-refractivity contribution is 5.06. The molecule has 1 atom stereocenters. The molecule has 5 aliphatic rings. The summed E-state index contributed by atoms with van der Waals surface area (Å²) < 4.78 is 5.41. The SMILES string of the molecule is C[C@H](NCc1nc(C2CC2)no1)C12CC3CC(CC(C3)C1)C2. The van der Waals surface area contributed by atoms with Crippen molar-refractivity contribution in [1.82, 2.24) is 15.5 Å². The Morgan fingerprint density at radius 2 is 1.77 bits per heavy atom. The molecule has 0 aromatic carbocycles. The van der Waals surface area contributed by atoms with Gasteiger partial charge in [0.05, 0.1) is 6.54 Å². The minimum Gasteiger partial charge on any atom is -0.338 e. The van der Waals surface area contributed by atoms with E-state index >= 15 is 0 Å². The quantitative estimate of drug-likeness (QED) is 0.902. The molecular weight excluding hydrogens is 274 g/mol. The van der Waals surface area contributed by atoms with Crippen molar-refractivity contribution in [3.8, 4) is 0 Å². The fourth-order valence-electron chi connectivity index (χ4n) is 6.01. The summed E-state index contributed by atoms with van der Waals surface area (Å²) in [5.41, 5.74) is 0.550. The maximum atomic E-state index is 5.41. The zero-order valence-electron chi connectivity index (χ0n) is 13.6. The van der Waals surface area contributed by atoms with Crippen molar-refractivity contribution in [2.45, 2.75) is 76.8 Å². The molecular formula is C18H27N3O. The van der Waals surface area contributed by atoms with Gasteiger partial charge < -0.3 is 9.84 Å². The second kappa shape index (κ2) is 4.80. The molecule has 4 heteroatoms. The largest absolute Gasteiger partial charge is 0.338 e. The number of hydrogen-bond acceptors (Lipinski definition) is 4. The first kappa shape index (κ1) is 13.5. The Morgan fingerprint density at radius 1 is 1.14 bits per heavy atom. The fraction of sp³-hybridized carbons (Fsp3) is 0.889. The van der Waals surface area contributed by atoms with Crippen molar-refractivity contribution in [2.75, 3.05) is 0 Å². The van der Waals surface area contributed by atoms with E-state index in [2.05, 4.69) is 22.4 Å². The van der Waals surface area contributed by atoms with Crippen LogP contribution >= 0.6 is 0 Å². The van der Waals surface area contributed by atoms with Crippen molar-refractivity contribution >= 4 is 0 Å². The summed E-state index contributed by atoms with van der Waals surface area (Å²) >= 11 is 0. The normalized spacial score (nSPS) is 41.0. The first-order valence-corrected chi connectivity index (χ1v) is 9.26. The molecule has 4 bridgehead atoms. The van der Waals surface area contributed by atoms with Gasteiger partial charge in [-0.15, -0.1) is 0 Å². The zero-order chi connectivity index (χ0) is 14.7. The van der Waals surface area contributed by atoms with Crippen molar-refractivity contribution in [2.24, 2.45) is 23.2 Å². The smallest absolute Gasteiger partial charge is 0.240 e. The van der Waals surface area contributed by atoms with E-state index in [0.717, 1.165) is 36.0 Å². The lowest BCUT2D eigenvalue weighted by molar-refractivity contribution is -0.0709. The molecule has 0 radical (unpaired) electrons. The number of nitrogens with one attached hydrogen (secondary N) is 1. The van der Waals surface area contributed by atoms with Crippen molar-refractivity contribution in [3.05, 3.63) is 11.7 Å². The van der Waals surface area contributed by atoms with Gasteiger partial charge in [-0.1, -0.05) is 5.16 Å². The fourth-order valence-corrected chi connectivity index (χ4v) is 6.01. The highest BCUT2D eigenvalue weighted by Crippen LogP contribution is 2.61. The van der Waals surface area contributed by atoms with Gasteiger partial charge in [-0.25, -0.2) is 0 Å². The van der Waals surface area contributed by atoms with E-state index in [0.29, 0.717) is 17.4 Å². The molecule has 1 N–H and O–H groups in total. The van der Waals surface area contributed by atoms with E-state index in [1.807, 2.05) is 0 Å². The van der Waals surface area contributed by atoms with Crippen LogP contribution in [0.25, 0.3) is 0 Å². The predicted octanol–water partition coefficient (Wildman–Crippen LogP) is 3.64. The Morgan fingerprint density at radius 3 is 2.36 bits per heavy atom. The summed E-state index contributed by atoms with van der Waals surface area (Å²) in [7, 11) is 0. The van der Waals surface area contributed by atoms with Crippen LogP contribution in [0.15, 0.2) is 4.52 Å². The van der Waals surface area contributed by atoms with Crippen LogP contribution in [0.5, 0.6) is 0 Å². The monoisotopic (exact) mass is 301 g/mol. The maximum absolute atomic E-state index is 5.41. The van der Waals surface area contributed by atoms with Crippen LogP contribution in [0.1, 0.15) is 75.9 Å². The zero-order valence-corrected chi connectivity index (χ0v) is 13.6. The van der Waals surface area contributed by atoms with Crippen molar-refractivity contribution < 1.29 is 4.52 Å². The van der Waals surface area contributed by atoms with Gasteiger partial charge >= 0.3 is 0 Å². The highest BCUT2D eigenvalue weighted by atomic mass is 16.5. The highest BCUT2D eigenvalue weighted by Gasteiger charge is 2.52. The predicted molar refractivity (Wildman–Crippen MR) is 83.2 cm³/mol. The van der Waals surface area contributed by atoms with Gasteiger partial charge in [-0.2, -0.15) is 4.98 Å². The molecule has 120 valence electrons. The van der Waals surface area contributed by atoms with Crippen LogP contribution in [0.3, 0.4) is 0 Å². The third kappa shape index (κ3) is 2.22. The molecule has 22 heavy (non-hydrogen) atoms. The lowest BCUT2D eigenvalue weighted by atomic mass is 9.48. The van der Waals surface area contributed by atoms with Crippen LogP contribution in [-0.4, -0.2) is 16.2 Å². The molecule has 1 aromatic rings. The second-order valence-electron chi connectivity index (χ2n) is 8.70. The Bertz CT molecular complexity index is 527. The van der Waals surface area contributed by atoms with E-state index in [1.54, 1.807) is 0 Å². The van der Waals surface area contributed by atoms with Gasteiger partial charge in [0, 0.05) is 12.0 Å². The second-order valence-corrected chi connectivity index (χ2v) is 8.70. The average Bonchev–Trinajstić information content (AvgIpc) is 3.22. The van der Waals surface area contributed by atoms with E-state index in [-0.39, 0.29) is 0 Å². The van der Waals surface area contributed by atoms with Gasteiger partial charge in [0.25, 0.3) is 0 Å². The molecule has 0 spiro atoms. The molecule has 1 heterocycles. The number of aromatic nitrogens is 2. The molecule has 0 aliphatic heterocycles. The molecule has 5 fully saturated rings. The first-order valence-electron chi connectivity index (χ1n) is 9.26. The Balaban J connectivity index is 1.25. The molecule has 1 aromatic heterocycles. The summed E-state index contributed by atoms with van der Waals surface area (Å²) in [4.78, 5) is 4.55. The molecule has 4 nitrogen and oxygen atoms in total. The standard InChI is InChI=1S/C18H27N3O/c1-11(19-10-16-20-17(21-22-16)15-2-3-15)18-7-12-4-13(8-18)6-14(5-12)9-18/h11-15,19H,2-10H2,1H3/t11-,12?,13?,14?,18?/m0/s1. The van der Waals surface area contributed by atoms with Crippen LogP contribution in [-0.2, 0) is 6.54 Å². The summed E-state index contributed by atoms with van der Waals surface area (Å²) in [6, 6.07) is 0.567. The molecule has 0 amide bonds. The van der Waals surface area contributed by atoms with Crippen LogP contribution in [0, 0.1) is 23.2 Å². The summed E-state index contributed by atoms with van der Waals surface area (Å²) in [5.74, 6) is 5.33. The summed E-state index contributed by atoms with van der Waals surface area (Å²) in [6.45, 7) is 3.13. The van der Waals surface area contributed by atoms with E-state index in [9.17, 15) is 0 Å². The van der Waals surface area contributed by atoms with Gasteiger partial charge in [-0.3, -0.25) is 0 Å².